The molecule has 1 aliphatic rings. The van der Waals surface area contributed by atoms with Gasteiger partial charge in [0.1, 0.15) is 6.10 Å². The zero-order chi connectivity index (χ0) is 18.1. The van der Waals surface area contributed by atoms with E-state index in [2.05, 4.69) is 42.5 Å². The Morgan fingerprint density at radius 1 is 1.04 bits per heavy atom. The molecule has 0 N–H and O–H groups in total. The lowest BCUT2D eigenvalue weighted by Gasteiger charge is -2.18. The van der Waals surface area contributed by atoms with Gasteiger partial charge in [-0.2, -0.15) is 0 Å². The number of Topliss-reactive ketones (excluding diaryl/α,β-unsaturated/α-hetero) is 1. The maximum atomic E-state index is 12.7. The number of thioether (sulfide) groups is 1. The number of hydrogen-bond donors (Lipinski definition) is 0. The number of rotatable bonds is 4. The Labute approximate surface area is 157 Å². The van der Waals surface area contributed by atoms with Crippen LogP contribution in [0, 0.1) is 0 Å². The van der Waals surface area contributed by atoms with Gasteiger partial charge in [0.05, 0.1) is 11.5 Å². The van der Waals surface area contributed by atoms with Crippen LogP contribution in [0.1, 0.15) is 24.2 Å². The van der Waals surface area contributed by atoms with Crippen LogP contribution in [0.2, 0.25) is 0 Å². The van der Waals surface area contributed by atoms with Crippen LogP contribution in [-0.4, -0.2) is 17.6 Å². The lowest BCUT2D eigenvalue weighted by molar-refractivity contribution is 0.102. The minimum atomic E-state index is 0.0616. The van der Waals surface area contributed by atoms with Crippen LogP contribution in [0.4, 0.5) is 0 Å². The molecule has 0 spiro atoms. The normalized spacial score (nSPS) is 16.9. The Morgan fingerprint density at radius 3 is 2.65 bits per heavy atom. The third-order valence-electron chi connectivity index (χ3n) is 4.55. The van der Waals surface area contributed by atoms with Crippen molar-refractivity contribution in [3.8, 4) is 0 Å². The highest BCUT2D eigenvalue weighted by Crippen LogP contribution is 2.28. The smallest absolute Gasteiger partial charge is 0.173 e. The van der Waals surface area contributed by atoms with Gasteiger partial charge in [-0.15, -0.1) is 11.8 Å². The lowest BCUT2D eigenvalue weighted by atomic mass is 9.99. The number of ether oxygens (including phenoxy) is 1. The summed E-state index contributed by atoms with van der Waals surface area (Å²) in [6.45, 7) is 3.95. The molecule has 1 unspecified atom stereocenters. The average Bonchev–Trinajstić information content (AvgIpc) is 2.65. The second-order valence-corrected chi connectivity index (χ2v) is 7.63. The van der Waals surface area contributed by atoms with Crippen molar-refractivity contribution >= 4 is 39.1 Å². The Balaban J connectivity index is 1.56. The van der Waals surface area contributed by atoms with Gasteiger partial charge in [-0.3, -0.25) is 4.79 Å². The van der Waals surface area contributed by atoms with Gasteiger partial charge in [-0.25, -0.2) is 0 Å². The third kappa shape index (κ3) is 3.40. The topological polar surface area (TPSA) is 26.3 Å². The van der Waals surface area contributed by atoms with E-state index in [0.29, 0.717) is 5.75 Å². The quantitative estimate of drug-likeness (QED) is 0.414. The molecule has 3 aromatic carbocycles. The summed E-state index contributed by atoms with van der Waals surface area (Å²) in [7, 11) is 0. The highest BCUT2D eigenvalue weighted by atomic mass is 32.2. The number of ketones is 1. The van der Waals surface area contributed by atoms with E-state index in [-0.39, 0.29) is 11.9 Å². The Bertz CT molecular complexity index is 1060. The first-order valence-electron chi connectivity index (χ1n) is 8.74. The van der Waals surface area contributed by atoms with Gasteiger partial charge in [0.2, 0.25) is 0 Å². The maximum Gasteiger partial charge on any atom is 0.173 e. The first-order valence-corrected chi connectivity index (χ1v) is 9.73. The molecule has 1 atom stereocenters. The van der Waals surface area contributed by atoms with E-state index < -0.39 is 0 Å². The molecule has 0 saturated heterocycles. The van der Waals surface area contributed by atoms with Crippen LogP contribution in [0.5, 0.6) is 0 Å². The number of benzene rings is 3. The summed E-state index contributed by atoms with van der Waals surface area (Å²) in [5.74, 6) is 1.48. The van der Waals surface area contributed by atoms with Crippen LogP contribution >= 0.6 is 11.8 Å². The fraction of sp³-hybridized carbons (Fsp3) is 0.174. The molecule has 0 radical (unpaired) electrons. The van der Waals surface area contributed by atoms with Crippen molar-refractivity contribution < 1.29 is 9.53 Å². The van der Waals surface area contributed by atoms with Crippen molar-refractivity contribution in [2.24, 2.45) is 0 Å². The molecule has 2 nitrogen and oxygen atoms in total. The molecule has 0 bridgehead atoms. The average molecular weight is 360 g/mol. The van der Waals surface area contributed by atoms with E-state index in [1.807, 2.05) is 38.1 Å². The van der Waals surface area contributed by atoms with Crippen molar-refractivity contribution in [2.45, 2.75) is 20.0 Å². The number of hydrogen-bond acceptors (Lipinski definition) is 3. The molecule has 0 aliphatic carbocycles. The first kappa shape index (κ1) is 16.9. The summed E-state index contributed by atoms with van der Waals surface area (Å²) in [5, 5.41) is 4.73. The van der Waals surface area contributed by atoms with Gasteiger partial charge in [-0.05, 0) is 53.6 Å². The van der Waals surface area contributed by atoms with Crippen molar-refractivity contribution in [1.29, 1.82) is 0 Å². The van der Waals surface area contributed by atoms with Gasteiger partial charge in [0, 0.05) is 10.5 Å². The van der Waals surface area contributed by atoms with Gasteiger partial charge < -0.3 is 4.74 Å². The molecule has 3 heteroatoms. The molecule has 26 heavy (non-hydrogen) atoms. The fourth-order valence-electron chi connectivity index (χ4n) is 3.35. The van der Waals surface area contributed by atoms with Gasteiger partial charge in [0.15, 0.2) is 5.78 Å². The van der Waals surface area contributed by atoms with Gasteiger partial charge in [0.25, 0.3) is 0 Å². The van der Waals surface area contributed by atoms with Gasteiger partial charge >= 0.3 is 0 Å². The predicted octanol–water partition coefficient (Wildman–Crippen LogP) is 6.12. The zero-order valence-corrected chi connectivity index (χ0v) is 15.7. The molecule has 4 rings (SSSR count). The number of allylic oxidation sites excluding steroid dienone is 2. The largest absolute Gasteiger partial charge is 0.491 e. The van der Waals surface area contributed by atoms with Crippen LogP contribution in [0.25, 0.3) is 21.5 Å². The van der Waals surface area contributed by atoms with E-state index in [1.165, 1.54) is 16.2 Å². The molecule has 0 aromatic heterocycles. The highest BCUT2D eigenvalue weighted by Gasteiger charge is 2.13. The van der Waals surface area contributed by atoms with Crippen molar-refractivity contribution in [3.05, 3.63) is 83.0 Å². The lowest BCUT2D eigenvalue weighted by Crippen LogP contribution is -2.09. The number of fused-ring (bicyclic) bond motifs is 3. The van der Waals surface area contributed by atoms with E-state index in [4.69, 9.17) is 4.74 Å². The fourth-order valence-corrected chi connectivity index (χ4v) is 4.35. The Morgan fingerprint density at radius 2 is 1.81 bits per heavy atom. The number of carbonyl (C=O) groups excluding carboxylic acids is 1. The Hall–Kier alpha value is -2.52. The molecule has 0 amide bonds. The molecule has 1 heterocycles. The predicted molar refractivity (Wildman–Crippen MR) is 111 cm³/mol. The van der Waals surface area contributed by atoms with Crippen molar-refractivity contribution in [1.82, 2.24) is 0 Å². The summed E-state index contributed by atoms with van der Waals surface area (Å²) < 4.78 is 5.58. The first-order chi connectivity index (χ1) is 12.6. The van der Waals surface area contributed by atoms with E-state index in [0.717, 1.165) is 21.6 Å². The van der Waals surface area contributed by atoms with Crippen LogP contribution in [-0.2, 0) is 4.74 Å². The third-order valence-corrected chi connectivity index (χ3v) is 5.55. The van der Waals surface area contributed by atoms with Gasteiger partial charge in [-0.1, -0.05) is 48.5 Å². The molecule has 0 saturated carbocycles. The summed E-state index contributed by atoms with van der Waals surface area (Å²) in [5.41, 5.74) is 0.765. The monoisotopic (exact) mass is 360 g/mol. The molecular weight excluding hydrogens is 340 g/mol. The SMILES string of the molecule is CC1=CC(SCC(=O)c2ccc3c(ccc4ccccc43)c2)=CC(C)O1. The highest BCUT2D eigenvalue weighted by molar-refractivity contribution is 8.03. The molecule has 3 aromatic rings. The number of carbonyl (C=O) groups is 1. The summed E-state index contributed by atoms with van der Waals surface area (Å²) in [6.07, 6.45) is 4.11. The molecule has 130 valence electrons. The second kappa shape index (κ2) is 7.00. The van der Waals surface area contributed by atoms with E-state index in [1.54, 1.807) is 11.8 Å². The summed E-state index contributed by atoms with van der Waals surface area (Å²) in [4.78, 5) is 13.8. The molecular formula is C23H20O2S. The maximum absolute atomic E-state index is 12.7. The van der Waals surface area contributed by atoms with Crippen LogP contribution in [0.3, 0.4) is 0 Å². The Kier molecular flexibility index (Phi) is 4.56. The minimum Gasteiger partial charge on any atom is -0.491 e. The summed E-state index contributed by atoms with van der Waals surface area (Å²) in [6, 6.07) is 18.6. The van der Waals surface area contributed by atoms with E-state index >= 15 is 0 Å². The molecule has 0 fully saturated rings. The van der Waals surface area contributed by atoms with Crippen LogP contribution in [0.15, 0.2) is 77.4 Å². The van der Waals surface area contributed by atoms with Crippen LogP contribution < -0.4 is 0 Å². The van der Waals surface area contributed by atoms with Crippen molar-refractivity contribution in [3.63, 3.8) is 0 Å². The summed E-state index contributed by atoms with van der Waals surface area (Å²) >= 11 is 1.57. The van der Waals surface area contributed by atoms with E-state index in [9.17, 15) is 4.79 Å². The second-order valence-electron chi connectivity index (χ2n) is 6.58. The minimum absolute atomic E-state index is 0.0616. The standard InChI is InChI=1S/C23H20O2S/c1-15-11-20(12-16(2)25-15)26-14-23(24)19-9-10-22-18(13-19)8-7-17-5-3-4-6-21(17)22/h3-13,15H,14H2,1-2H3. The van der Waals surface area contributed by atoms with Crippen molar-refractivity contribution in [2.75, 3.05) is 5.75 Å². The zero-order valence-electron chi connectivity index (χ0n) is 14.9. The molecule has 1 aliphatic heterocycles.